The number of methoxy groups -OCH3 is 1. The first-order chi connectivity index (χ1) is 8.09. The van der Waals surface area contributed by atoms with Crippen molar-refractivity contribution in [2.24, 2.45) is 5.92 Å². The lowest BCUT2D eigenvalue weighted by molar-refractivity contribution is -0.146. The summed E-state index contributed by atoms with van der Waals surface area (Å²) in [4.78, 5) is 11.7. The van der Waals surface area contributed by atoms with Crippen LogP contribution in [-0.2, 0) is 14.9 Å². The smallest absolute Gasteiger partial charge is 0.310 e. The molecule has 1 N–H and O–H groups in total. The molecule has 3 nitrogen and oxygen atoms in total. The first-order valence-corrected chi connectivity index (χ1v) is 5.63. The molecule has 1 fully saturated rings. The van der Waals surface area contributed by atoms with Crippen LogP contribution >= 0.6 is 0 Å². The molecule has 0 saturated carbocycles. The Morgan fingerprint density at radius 1 is 1.53 bits per heavy atom. The summed E-state index contributed by atoms with van der Waals surface area (Å²) in [6, 6.07) is 6.60. The number of hydrogen-bond acceptors (Lipinski definition) is 3. The van der Waals surface area contributed by atoms with Crippen LogP contribution in [0.15, 0.2) is 24.3 Å². The summed E-state index contributed by atoms with van der Waals surface area (Å²) in [5, 5.41) is 3.14. The number of nitrogens with one attached hydrogen (secondary N) is 1. The minimum atomic E-state index is -0.543. The molecule has 2 unspecified atom stereocenters. The van der Waals surface area contributed by atoms with Gasteiger partial charge in [0, 0.05) is 18.5 Å². The van der Waals surface area contributed by atoms with Crippen molar-refractivity contribution in [1.82, 2.24) is 5.32 Å². The van der Waals surface area contributed by atoms with Gasteiger partial charge < -0.3 is 10.1 Å². The summed E-state index contributed by atoms with van der Waals surface area (Å²) in [6.45, 7) is 3.00. The topological polar surface area (TPSA) is 38.3 Å². The van der Waals surface area contributed by atoms with Gasteiger partial charge in [0.25, 0.3) is 0 Å². The van der Waals surface area contributed by atoms with Crippen molar-refractivity contribution in [2.75, 3.05) is 20.2 Å². The Balaban J connectivity index is 2.41. The molecule has 0 aliphatic carbocycles. The predicted octanol–water partition coefficient (Wildman–Crippen LogP) is 1.48. The minimum Gasteiger partial charge on any atom is -0.469 e. The third kappa shape index (κ3) is 1.93. The Kier molecular flexibility index (Phi) is 3.15. The average molecular weight is 237 g/mol. The van der Waals surface area contributed by atoms with E-state index in [2.05, 4.69) is 5.32 Å². The van der Waals surface area contributed by atoms with Crippen molar-refractivity contribution in [1.29, 1.82) is 0 Å². The van der Waals surface area contributed by atoms with E-state index in [4.69, 9.17) is 4.74 Å². The fraction of sp³-hybridized carbons (Fsp3) is 0.462. The van der Waals surface area contributed by atoms with Crippen molar-refractivity contribution in [3.63, 3.8) is 0 Å². The van der Waals surface area contributed by atoms with Gasteiger partial charge in [0.2, 0.25) is 0 Å². The highest BCUT2D eigenvalue weighted by Gasteiger charge is 2.46. The molecule has 0 aromatic heterocycles. The van der Waals surface area contributed by atoms with Crippen molar-refractivity contribution in [3.05, 3.63) is 35.6 Å². The SMILES string of the molecule is COC(=O)C1CNCC1(C)c1ccccc1F. The molecule has 0 spiro atoms. The van der Waals surface area contributed by atoms with Crippen LogP contribution in [-0.4, -0.2) is 26.2 Å². The number of rotatable bonds is 2. The maximum Gasteiger partial charge on any atom is 0.310 e. The first kappa shape index (κ1) is 12.0. The van der Waals surface area contributed by atoms with Gasteiger partial charge in [-0.05, 0) is 11.6 Å². The maximum atomic E-state index is 13.8. The Hall–Kier alpha value is -1.42. The van der Waals surface area contributed by atoms with E-state index in [1.165, 1.54) is 13.2 Å². The molecule has 1 aliphatic rings. The Labute approximate surface area is 100.0 Å². The van der Waals surface area contributed by atoms with Gasteiger partial charge >= 0.3 is 5.97 Å². The molecule has 2 rings (SSSR count). The standard InChI is InChI=1S/C13H16FNO2/c1-13(9-5-3-4-6-11(9)14)8-15-7-10(13)12(16)17-2/h3-6,10,15H,7-8H2,1-2H3. The normalized spacial score (nSPS) is 28.1. The van der Waals surface area contributed by atoms with Gasteiger partial charge in [-0.1, -0.05) is 25.1 Å². The van der Waals surface area contributed by atoms with Crippen LogP contribution in [0.25, 0.3) is 0 Å². The van der Waals surface area contributed by atoms with E-state index in [1.54, 1.807) is 18.2 Å². The molecular weight excluding hydrogens is 221 g/mol. The maximum absolute atomic E-state index is 13.8. The number of hydrogen-bond donors (Lipinski definition) is 1. The minimum absolute atomic E-state index is 0.271. The third-order valence-corrected chi connectivity index (χ3v) is 3.58. The number of benzene rings is 1. The highest BCUT2D eigenvalue weighted by atomic mass is 19.1. The average Bonchev–Trinajstić information content (AvgIpc) is 2.72. The highest BCUT2D eigenvalue weighted by Crippen LogP contribution is 2.37. The van der Waals surface area contributed by atoms with E-state index in [9.17, 15) is 9.18 Å². The van der Waals surface area contributed by atoms with Crippen molar-refractivity contribution >= 4 is 5.97 Å². The number of halogens is 1. The second-order valence-electron chi connectivity index (χ2n) is 4.60. The fourth-order valence-electron chi connectivity index (χ4n) is 2.52. The summed E-state index contributed by atoms with van der Waals surface area (Å²) >= 11 is 0. The van der Waals surface area contributed by atoms with Crippen LogP contribution < -0.4 is 5.32 Å². The largest absolute Gasteiger partial charge is 0.469 e. The summed E-state index contributed by atoms with van der Waals surface area (Å²) in [5.41, 5.74) is 0.0266. The number of ether oxygens (including phenoxy) is 1. The summed E-state index contributed by atoms with van der Waals surface area (Å²) in [7, 11) is 1.36. The Morgan fingerprint density at radius 2 is 2.24 bits per heavy atom. The molecule has 0 amide bonds. The molecule has 2 atom stereocenters. The number of carbonyl (C=O) groups excluding carboxylic acids is 1. The summed E-state index contributed by atoms with van der Waals surface area (Å²) in [6.07, 6.45) is 0. The van der Waals surface area contributed by atoms with Crippen LogP contribution in [0.1, 0.15) is 12.5 Å². The predicted molar refractivity (Wildman–Crippen MR) is 62.1 cm³/mol. The van der Waals surface area contributed by atoms with Crippen molar-refractivity contribution in [2.45, 2.75) is 12.3 Å². The second kappa shape index (κ2) is 4.45. The van der Waals surface area contributed by atoms with E-state index in [-0.39, 0.29) is 17.7 Å². The quantitative estimate of drug-likeness (QED) is 0.792. The number of esters is 1. The van der Waals surface area contributed by atoms with Crippen molar-refractivity contribution < 1.29 is 13.9 Å². The molecule has 1 aromatic carbocycles. The van der Waals surface area contributed by atoms with Gasteiger partial charge in [-0.25, -0.2) is 4.39 Å². The molecule has 1 heterocycles. The lowest BCUT2D eigenvalue weighted by Crippen LogP contribution is -2.37. The third-order valence-electron chi connectivity index (χ3n) is 3.58. The molecule has 1 aliphatic heterocycles. The van der Waals surface area contributed by atoms with E-state index in [0.29, 0.717) is 18.7 Å². The van der Waals surface area contributed by atoms with Gasteiger partial charge in [0.05, 0.1) is 13.0 Å². The monoisotopic (exact) mass is 237 g/mol. The van der Waals surface area contributed by atoms with Gasteiger partial charge in [-0.2, -0.15) is 0 Å². The molecule has 0 radical (unpaired) electrons. The van der Waals surface area contributed by atoms with E-state index >= 15 is 0 Å². The molecule has 0 bridgehead atoms. The molecule has 17 heavy (non-hydrogen) atoms. The van der Waals surface area contributed by atoms with Crippen LogP contribution in [0.2, 0.25) is 0 Å². The Bertz CT molecular complexity index is 435. The summed E-state index contributed by atoms with van der Waals surface area (Å²) < 4.78 is 18.6. The molecule has 1 saturated heterocycles. The fourth-order valence-corrected chi connectivity index (χ4v) is 2.52. The lowest BCUT2D eigenvalue weighted by atomic mass is 9.74. The highest BCUT2D eigenvalue weighted by molar-refractivity contribution is 5.75. The zero-order chi connectivity index (χ0) is 12.5. The lowest BCUT2D eigenvalue weighted by Gasteiger charge is -2.29. The van der Waals surface area contributed by atoms with Crippen LogP contribution in [0.5, 0.6) is 0 Å². The molecular formula is C13H16FNO2. The molecule has 1 aromatic rings. The Morgan fingerprint density at radius 3 is 2.88 bits per heavy atom. The van der Waals surface area contributed by atoms with E-state index in [1.807, 2.05) is 6.92 Å². The van der Waals surface area contributed by atoms with E-state index < -0.39 is 5.41 Å². The van der Waals surface area contributed by atoms with Gasteiger partial charge in [0.15, 0.2) is 0 Å². The van der Waals surface area contributed by atoms with Crippen molar-refractivity contribution in [3.8, 4) is 0 Å². The van der Waals surface area contributed by atoms with Gasteiger partial charge in [-0.3, -0.25) is 4.79 Å². The van der Waals surface area contributed by atoms with Gasteiger partial charge in [-0.15, -0.1) is 0 Å². The van der Waals surface area contributed by atoms with E-state index in [0.717, 1.165) is 0 Å². The number of carbonyl (C=O) groups is 1. The van der Waals surface area contributed by atoms with Gasteiger partial charge in [0.1, 0.15) is 5.82 Å². The first-order valence-electron chi connectivity index (χ1n) is 5.63. The van der Waals surface area contributed by atoms with Crippen LogP contribution in [0.3, 0.4) is 0 Å². The molecule has 92 valence electrons. The summed E-state index contributed by atoms with van der Waals surface area (Å²) in [5.74, 6) is -0.905. The van der Waals surface area contributed by atoms with Crippen LogP contribution in [0, 0.1) is 11.7 Å². The second-order valence-corrected chi connectivity index (χ2v) is 4.60. The zero-order valence-electron chi connectivity index (χ0n) is 10.00. The zero-order valence-corrected chi connectivity index (χ0v) is 10.00. The van der Waals surface area contributed by atoms with Crippen LogP contribution in [0.4, 0.5) is 4.39 Å². The molecule has 4 heteroatoms.